The van der Waals surface area contributed by atoms with Crippen molar-refractivity contribution in [2.75, 3.05) is 28.7 Å². The summed E-state index contributed by atoms with van der Waals surface area (Å²) in [5, 5.41) is 18.2. The van der Waals surface area contributed by atoms with Crippen LogP contribution in [0.2, 0.25) is 0 Å². The van der Waals surface area contributed by atoms with Crippen molar-refractivity contribution in [1.29, 1.82) is 0 Å². The van der Waals surface area contributed by atoms with Gasteiger partial charge in [-0.1, -0.05) is 28.1 Å². The number of benzene rings is 2. The first kappa shape index (κ1) is 21.6. The van der Waals surface area contributed by atoms with Crippen molar-refractivity contribution in [3.05, 3.63) is 68.7 Å². The van der Waals surface area contributed by atoms with Crippen LogP contribution in [0.4, 0.5) is 29.2 Å². The molecular weight excluding hydrogens is 476 g/mol. The first-order chi connectivity index (χ1) is 15.6. The number of nitrogens with one attached hydrogen (secondary N) is 2. The van der Waals surface area contributed by atoms with Crippen molar-refractivity contribution < 1.29 is 4.92 Å². The lowest BCUT2D eigenvalue weighted by atomic mass is 10.1. The summed E-state index contributed by atoms with van der Waals surface area (Å²) in [6.07, 6.45) is 5.04. The van der Waals surface area contributed by atoms with E-state index in [1.165, 1.54) is 18.6 Å². The number of hydrazone groups is 1. The second-order valence-electron chi connectivity index (χ2n) is 7.18. The van der Waals surface area contributed by atoms with Gasteiger partial charge in [0.1, 0.15) is 0 Å². The van der Waals surface area contributed by atoms with Crippen molar-refractivity contribution in [1.82, 2.24) is 15.0 Å². The van der Waals surface area contributed by atoms with E-state index in [0.29, 0.717) is 23.5 Å². The molecule has 1 fully saturated rings. The SMILES string of the molecule is O=[N+]([O-])c1ccc(Nc2nc(N/N=C\c3cccc(Br)c3)nc(N3CCCCC3)n2)cc1. The minimum atomic E-state index is -0.438. The van der Waals surface area contributed by atoms with Gasteiger partial charge in [-0.2, -0.15) is 20.1 Å². The third-order valence-corrected chi connectivity index (χ3v) is 5.32. The standard InChI is InChI=1S/C21H21BrN8O2/c22-16-6-4-5-15(13-16)14-23-28-20-25-19(24-17-7-9-18(10-8-17)30(31)32)26-21(27-20)29-11-2-1-3-12-29/h4-10,13-14H,1-3,11-12H2,(H2,24,25,26,27,28)/b23-14-. The molecule has 32 heavy (non-hydrogen) atoms. The molecule has 1 aliphatic heterocycles. The van der Waals surface area contributed by atoms with E-state index in [-0.39, 0.29) is 5.69 Å². The molecule has 0 spiro atoms. The second kappa shape index (κ2) is 10.1. The van der Waals surface area contributed by atoms with Crippen molar-refractivity contribution in [2.45, 2.75) is 19.3 Å². The molecular formula is C21H21BrN8O2. The molecule has 2 aromatic carbocycles. The number of nitro benzene ring substituents is 1. The molecule has 10 nitrogen and oxygen atoms in total. The number of halogens is 1. The van der Waals surface area contributed by atoms with Crippen molar-refractivity contribution in [3.8, 4) is 0 Å². The summed E-state index contributed by atoms with van der Waals surface area (Å²) in [5.74, 6) is 1.19. The highest BCUT2D eigenvalue weighted by molar-refractivity contribution is 9.10. The van der Waals surface area contributed by atoms with E-state index < -0.39 is 4.92 Å². The molecule has 0 amide bonds. The minimum absolute atomic E-state index is 0.0180. The predicted molar refractivity (Wildman–Crippen MR) is 128 cm³/mol. The molecule has 0 atom stereocenters. The molecule has 1 aromatic heterocycles. The molecule has 0 bridgehead atoms. The molecule has 1 saturated heterocycles. The summed E-state index contributed by atoms with van der Waals surface area (Å²) in [6, 6.07) is 13.8. The van der Waals surface area contributed by atoms with Crippen LogP contribution in [0.1, 0.15) is 24.8 Å². The molecule has 1 aliphatic rings. The molecule has 11 heteroatoms. The van der Waals surface area contributed by atoms with Gasteiger partial charge in [0, 0.05) is 35.4 Å². The zero-order chi connectivity index (χ0) is 22.3. The van der Waals surface area contributed by atoms with Crippen LogP contribution in [-0.4, -0.2) is 39.2 Å². The normalized spacial score (nSPS) is 13.8. The third kappa shape index (κ3) is 5.76. The summed E-state index contributed by atoms with van der Waals surface area (Å²) in [4.78, 5) is 26.0. The lowest BCUT2D eigenvalue weighted by Crippen LogP contribution is -2.31. The molecule has 3 aromatic rings. The van der Waals surface area contributed by atoms with Crippen LogP contribution < -0.4 is 15.6 Å². The monoisotopic (exact) mass is 496 g/mol. The molecule has 0 aliphatic carbocycles. The topological polar surface area (TPSA) is 121 Å². The maximum Gasteiger partial charge on any atom is 0.269 e. The van der Waals surface area contributed by atoms with Crippen molar-refractivity contribution >= 4 is 51.4 Å². The van der Waals surface area contributed by atoms with Crippen molar-refractivity contribution in [2.24, 2.45) is 5.10 Å². The Morgan fingerprint density at radius 3 is 2.50 bits per heavy atom. The Hall–Kier alpha value is -3.60. The van der Waals surface area contributed by atoms with E-state index in [2.05, 4.69) is 51.6 Å². The van der Waals surface area contributed by atoms with Gasteiger partial charge in [0.2, 0.25) is 17.8 Å². The highest BCUT2D eigenvalue weighted by Gasteiger charge is 2.16. The average Bonchev–Trinajstić information content (AvgIpc) is 2.80. The quantitative estimate of drug-likeness (QED) is 0.273. The summed E-state index contributed by atoms with van der Waals surface area (Å²) >= 11 is 3.44. The van der Waals surface area contributed by atoms with Gasteiger partial charge in [-0.15, -0.1) is 0 Å². The molecule has 2 N–H and O–H groups in total. The number of non-ortho nitro benzene ring substituents is 1. The first-order valence-corrected chi connectivity index (χ1v) is 10.9. The number of piperidine rings is 1. The zero-order valence-corrected chi connectivity index (χ0v) is 18.7. The number of rotatable bonds is 7. The number of nitrogens with zero attached hydrogens (tertiary/aromatic N) is 6. The Labute approximate surface area is 193 Å². The Morgan fingerprint density at radius 1 is 1.03 bits per heavy atom. The number of aromatic nitrogens is 3. The van der Waals surface area contributed by atoms with Crippen LogP contribution >= 0.6 is 15.9 Å². The molecule has 0 unspecified atom stereocenters. The number of anilines is 4. The van der Waals surface area contributed by atoms with Gasteiger partial charge >= 0.3 is 0 Å². The number of hydrogen-bond donors (Lipinski definition) is 2. The van der Waals surface area contributed by atoms with Gasteiger partial charge < -0.3 is 10.2 Å². The van der Waals surface area contributed by atoms with Gasteiger partial charge in [-0.25, -0.2) is 5.43 Å². The summed E-state index contributed by atoms with van der Waals surface area (Å²) in [6.45, 7) is 1.75. The smallest absolute Gasteiger partial charge is 0.269 e. The maximum atomic E-state index is 10.9. The first-order valence-electron chi connectivity index (χ1n) is 10.1. The molecule has 2 heterocycles. The molecule has 0 saturated carbocycles. The minimum Gasteiger partial charge on any atom is -0.341 e. The second-order valence-corrected chi connectivity index (χ2v) is 8.10. The Balaban J connectivity index is 1.56. The maximum absolute atomic E-state index is 10.9. The number of nitro groups is 1. The van der Waals surface area contributed by atoms with Gasteiger partial charge in [0.05, 0.1) is 11.1 Å². The third-order valence-electron chi connectivity index (χ3n) is 4.82. The van der Waals surface area contributed by atoms with E-state index in [9.17, 15) is 10.1 Å². The van der Waals surface area contributed by atoms with Crippen LogP contribution in [0, 0.1) is 10.1 Å². The fraction of sp³-hybridized carbons (Fsp3) is 0.238. The van der Waals surface area contributed by atoms with Gasteiger partial charge in [0.25, 0.3) is 5.69 Å². The highest BCUT2D eigenvalue weighted by Crippen LogP contribution is 2.22. The zero-order valence-electron chi connectivity index (χ0n) is 17.1. The van der Waals surface area contributed by atoms with Crippen LogP contribution in [-0.2, 0) is 0 Å². The van der Waals surface area contributed by atoms with Crippen molar-refractivity contribution in [3.63, 3.8) is 0 Å². The van der Waals surface area contributed by atoms with E-state index in [4.69, 9.17) is 0 Å². The average molecular weight is 497 g/mol. The van der Waals surface area contributed by atoms with E-state index in [0.717, 1.165) is 36.0 Å². The molecule has 0 radical (unpaired) electrons. The summed E-state index contributed by atoms with van der Waals surface area (Å²) < 4.78 is 0.962. The molecule has 164 valence electrons. The highest BCUT2D eigenvalue weighted by atomic mass is 79.9. The number of hydrogen-bond acceptors (Lipinski definition) is 9. The van der Waals surface area contributed by atoms with Gasteiger partial charge in [-0.05, 0) is 49.1 Å². The Bertz CT molecular complexity index is 1120. The lowest BCUT2D eigenvalue weighted by Gasteiger charge is -2.26. The Kier molecular flexibility index (Phi) is 6.85. The van der Waals surface area contributed by atoms with Crippen LogP contribution in [0.15, 0.2) is 58.1 Å². The molecule has 4 rings (SSSR count). The van der Waals surface area contributed by atoms with E-state index in [1.807, 2.05) is 24.3 Å². The largest absolute Gasteiger partial charge is 0.341 e. The van der Waals surface area contributed by atoms with Gasteiger partial charge in [-0.3, -0.25) is 10.1 Å². The summed E-state index contributed by atoms with van der Waals surface area (Å²) in [7, 11) is 0. The van der Waals surface area contributed by atoms with Crippen LogP contribution in [0.5, 0.6) is 0 Å². The van der Waals surface area contributed by atoms with Crippen LogP contribution in [0.25, 0.3) is 0 Å². The van der Waals surface area contributed by atoms with Crippen LogP contribution in [0.3, 0.4) is 0 Å². The lowest BCUT2D eigenvalue weighted by molar-refractivity contribution is -0.384. The Morgan fingerprint density at radius 2 is 1.78 bits per heavy atom. The fourth-order valence-electron chi connectivity index (χ4n) is 3.25. The van der Waals surface area contributed by atoms with E-state index in [1.54, 1.807) is 18.3 Å². The fourth-order valence-corrected chi connectivity index (χ4v) is 3.67. The predicted octanol–water partition coefficient (Wildman–Crippen LogP) is 4.72. The summed E-state index contributed by atoms with van der Waals surface area (Å²) in [5.41, 5.74) is 4.45. The van der Waals surface area contributed by atoms with E-state index >= 15 is 0 Å². The van der Waals surface area contributed by atoms with Gasteiger partial charge in [0.15, 0.2) is 0 Å².